The summed E-state index contributed by atoms with van der Waals surface area (Å²) in [6, 6.07) is 8.46. The van der Waals surface area contributed by atoms with Gasteiger partial charge in [0.15, 0.2) is 5.78 Å². The van der Waals surface area contributed by atoms with Gasteiger partial charge in [-0.2, -0.15) is 0 Å². The van der Waals surface area contributed by atoms with Crippen LogP contribution in [0.2, 0.25) is 0 Å². The van der Waals surface area contributed by atoms with Crippen LogP contribution < -0.4 is 5.32 Å². The molecular weight excluding hydrogens is 255 g/mol. The zero-order valence-electron chi connectivity index (χ0n) is 12.0. The normalized spacial score (nSPS) is 10.8. The van der Waals surface area contributed by atoms with Crippen LogP contribution in [0.1, 0.15) is 27.3 Å². The Morgan fingerprint density at radius 2 is 2.00 bits per heavy atom. The van der Waals surface area contributed by atoms with Gasteiger partial charge in [0, 0.05) is 36.1 Å². The molecule has 106 valence electrons. The van der Waals surface area contributed by atoms with E-state index in [1.54, 1.807) is 18.2 Å². The number of halogens is 1. The summed E-state index contributed by atoms with van der Waals surface area (Å²) < 4.78 is 15.4. The van der Waals surface area contributed by atoms with Crippen LogP contribution in [0.3, 0.4) is 0 Å². The molecule has 1 aromatic heterocycles. The highest BCUT2D eigenvalue weighted by Gasteiger charge is 2.13. The van der Waals surface area contributed by atoms with E-state index >= 15 is 0 Å². The summed E-state index contributed by atoms with van der Waals surface area (Å²) in [6.07, 6.45) is 0. The molecule has 2 rings (SSSR count). The summed E-state index contributed by atoms with van der Waals surface area (Å²) in [5.74, 6) is -0.221. The monoisotopic (exact) mass is 274 g/mol. The lowest BCUT2D eigenvalue weighted by Gasteiger charge is -2.06. The van der Waals surface area contributed by atoms with Crippen LogP contribution in [0.25, 0.3) is 0 Å². The van der Waals surface area contributed by atoms with E-state index in [0.29, 0.717) is 12.1 Å². The van der Waals surface area contributed by atoms with Crippen molar-refractivity contribution in [2.75, 3.05) is 6.54 Å². The Morgan fingerprint density at radius 1 is 1.30 bits per heavy atom. The number of nitrogens with zero attached hydrogens (tertiary/aromatic N) is 1. The largest absolute Gasteiger partial charge is 0.351 e. The fraction of sp³-hybridized carbons (Fsp3) is 0.312. The lowest BCUT2D eigenvalue weighted by Crippen LogP contribution is -2.23. The van der Waals surface area contributed by atoms with E-state index in [2.05, 4.69) is 5.32 Å². The molecule has 1 heterocycles. The van der Waals surface area contributed by atoms with Crippen LogP contribution in [-0.4, -0.2) is 16.9 Å². The molecule has 4 heteroatoms. The first-order valence-corrected chi connectivity index (χ1v) is 6.61. The van der Waals surface area contributed by atoms with Gasteiger partial charge in [-0.25, -0.2) is 4.39 Å². The molecule has 0 aliphatic rings. The van der Waals surface area contributed by atoms with Crippen LogP contribution in [-0.2, 0) is 13.6 Å². The number of aromatic nitrogens is 1. The molecule has 2 aromatic rings. The first-order chi connectivity index (χ1) is 9.50. The van der Waals surface area contributed by atoms with E-state index < -0.39 is 0 Å². The highest BCUT2D eigenvalue weighted by atomic mass is 19.1. The molecule has 3 nitrogen and oxygen atoms in total. The number of hydrogen-bond donors (Lipinski definition) is 1. The molecule has 0 saturated carbocycles. The topological polar surface area (TPSA) is 34.0 Å². The summed E-state index contributed by atoms with van der Waals surface area (Å²) >= 11 is 0. The Hall–Kier alpha value is -1.94. The van der Waals surface area contributed by atoms with Crippen molar-refractivity contribution in [1.82, 2.24) is 9.88 Å². The number of ketones is 1. The maximum Gasteiger partial charge on any atom is 0.178 e. The highest BCUT2D eigenvalue weighted by Crippen LogP contribution is 2.13. The Balaban J connectivity index is 1.96. The fourth-order valence-corrected chi connectivity index (χ4v) is 2.19. The van der Waals surface area contributed by atoms with E-state index in [4.69, 9.17) is 0 Å². The molecule has 0 aliphatic heterocycles. The Morgan fingerprint density at radius 3 is 2.60 bits per heavy atom. The zero-order valence-corrected chi connectivity index (χ0v) is 12.0. The molecule has 0 fully saturated rings. The van der Waals surface area contributed by atoms with Gasteiger partial charge in [-0.15, -0.1) is 0 Å². The first-order valence-electron chi connectivity index (χ1n) is 6.61. The Labute approximate surface area is 118 Å². The second-order valence-electron chi connectivity index (χ2n) is 4.96. The van der Waals surface area contributed by atoms with Gasteiger partial charge < -0.3 is 9.88 Å². The molecule has 0 radical (unpaired) electrons. The van der Waals surface area contributed by atoms with Gasteiger partial charge in [-0.3, -0.25) is 4.79 Å². The molecule has 0 spiro atoms. The predicted molar refractivity (Wildman–Crippen MR) is 77.3 cm³/mol. The maximum absolute atomic E-state index is 13.4. The number of nitrogens with one attached hydrogen (secondary N) is 1. The lowest BCUT2D eigenvalue weighted by molar-refractivity contribution is 0.0990. The molecule has 0 bridgehead atoms. The van der Waals surface area contributed by atoms with Crippen molar-refractivity contribution >= 4 is 5.78 Å². The second-order valence-corrected chi connectivity index (χ2v) is 4.96. The number of rotatable bonds is 5. The fourth-order valence-electron chi connectivity index (χ4n) is 2.19. The summed E-state index contributed by atoms with van der Waals surface area (Å²) in [4.78, 5) is 12.1. The van der Waals surface area contributed by atoms with Gasteiger partial charge in [-0.1, -0.05) is 18.2 Å². The zero-order chi connectivity index (χ0) is 14.7. The molecule has 1 N–H and O–H groups in total. The molecule has 0 unspecified atom stereocenters. The third-order valence-electron chi connectivity index (χ3n) is 3.63. The SMILES string of the molecule is Cc1cc(C(=O)CNCc2ccccc2F)c(C)n1C. The van der Waals surface area contributed by atoms with E-state index in [-0.39, 0.29) is 18.1 Å². The van der Waals surface area contributed by atoms with E-state index in [9.17, 15) is 9.18 Å². The number of carbonyl (C=O) groups is 1. The van der Waals surface area contributed by atoms with Crippen molar-refractivity contribution < 1.29 is 9.18 Å². The van der Waals surface area contributed by atoms with Gasteiger partial charge in [0.25, 0.3) is 0 Å². The predicted octanol–water partition coefficient (Wildman–Crippen LogP) is 2.75. The molecule has 0 aliphatic carbocycles. The van der Waals surface area contributed by atoms with Crippen LogP contribution in [0.5, 0.6) is 0 Å². The second kappa shape index (κ2) is 6.01. The van der Waals surface area contributed by atoms with Crippen LogP contribution in [0.4, 0.5) is 4.39 Å². The van der Waals surface area contributed by atoms with Crippen molar-refractivity contribution in [2.45, 2.75) is 20.4 Å². The number of Topliss-reactive ketones (excluding diaryl/α,β-unsaturated/α-hetero) is 1. The van der Waals surface area contributed by atoms with Crippen LogP contribution in [0, 0.1) is 19.7 Å². The molecule has 20 heavy (non-hydrogen) atoms. The van der Waals surface area contributed by atoms with Gasteiger partial charge in [0.1, 0.15) is 5.82 Å². The quantitative estimate of drug-likeness (QED) is 0.851. The van der Waals surface area contributed by atoms with Crippen molar-refractivity contribution in [3.63, 3.8) is 0 Å². The van der Waals surface area contributed by atoms with Crippen LogP contribution in [0.15, 0.2) is 30.3 Å². The van der Waals surface area contributed by atoms with Gasteiger partial charge >= 0.3 is 0 Å². The molecule has 1 aromatic carbocycles. The van der Waals surface area contributed by atoms with E-state index in [1.807, 2.05) is 31.5 Å². The number of carbonyl (C=O) groups excluding carboxylic acids is 1. The maximum atomic E-state index is 13.4. The molecule has 0 saturated heterocycles. The summed E-state index contributed by atoms with van der Waals surface area (Å²) in [5.41, 5.74) is 3.31. The minimum absolute atomic E-state index is 0.0301. The van der Waals surface area contributed by atoms with Gasteiger partial charge in [-0.05, 0) is 26.0 Å². The summed E-state index contributed by atoms with van der Waals surface area (Å²) in [7, 11) is 1.94. The number of hydrogen-bond acceptors (Lipinski definition) is 2. The van der Waals surface area contributed by atoms with Crippen molar-refractivity contribution in [2.24, 2.45) is 7.05 Å². The van der Waals surface area contributed by atoms with Crippen molar-refractivity contribution in [3.8, 4) is 0 Å². The Kier molecular flexibility index (Phi) is 4.35. The minimum atomic E-state index is -0.251. The number of aryl methyl sites for hydroxylation is 1. The summed E-state index contributed by atoms with van der Waals surface area (Å²) in [5, 5.41) is 3.00. The minimum Gasteiger partial charge on any atom is -0.351 e. The van der Waals surface area contributed by atoms with Gasteiger partial charge in [0.2, 0.25) is 0 Å². The average Bonchev–Trinajstić information content (AvgIpc) is 2.68. The standard InChI is InChI=1S/C16H19FN2O/c1-11-8-14(12(2)19(11)3)16(20)10-18-9-13-6-4-5-7-15(13)17/h4-8,18H,9-10H2,1-3H3. The number of benzene rings is 1. The lowest BCUT2D eigenvalue weighted by atomic mass is 10.1. The third kappa shape index (κ3) is 2.96. The smallest absolute Gasteiger partial charge is 0.178 e. The van der Waals surface area contributed by atoms with E-state index in [0.717, 1.165) is 17.0 Å². The first kappa shape index (κ1) is 14.5. The molecular formula is C16H19FN2O. The van der Waals surface area contributed by atoms with E-state index in [1.165, 1.54) is 6.07 Å². The Bertz CT molecular complexity index is 631. The van der Waals surface area contributed by atoms with Crippen molar-refractivity contribution in [1.29, 1.82) is 0 Å². The van der Waals surface area contributed by atoms with Crippen molar-refractivity contribution in [3.05, 3.63) is 58.7 Å². The average molecular weight is 274 g/mol. The third-order valence-corrected chi connectivity index (χ3v) is 3.63. The highest BCUT2D eigenvalue weighted by molar-refractivity contribution is 5.99. The summed E-state index contributed by atoms with van der Waals surface area (Å²) in [6.45, 7) is 4.45. The van der Waals surface area contributed by atoms with Gasteiger partial charge in [0.05, 0.1) is 6.54 Å². The van der Waals surface area contributed by atoms with Crippen LogP contribution >= 0.6 is 0 Å². The molecule has 0 atom stereocenters. The molecule has 0 amide bonds.